The van der Waals surface area contributed by atoms with E-state index in [2.05, 4.69) is 29.5 Å². The number of halogens is 1. The van der Waals surface area contributed by atoms with Crippen molar-refractivity contribution in [3.8, 4) is 0 Å². The van der Waals surface area contributed by atoms with Crippen LogP contribution in [0.3, 0.4) is 0 Å². The van der Waals surface area contributed by atoms with Crippen LogP contribution in [-0.2, 0) is 0 Å². The summed E-state index contributed by atoms with van der Waals surface area (Å²) in [6.07, 6.45) is 4.29. The van der Waals surface area contributed by atoms with Crippen molar-refractivity contribution >= 4 is 18.3 Å². The number of hydrogen-bond acceptors (Lipinski definition) is 4. The molecular formula is C17H32ClN5O. The average molecular weight is 358 g/mol. The third-order valence-corrected chi connectivity index (χ3v) is 5.09. The molecule has 1 N–H and O–H groups in total. The summed E-state index contributed by atoms with van der Waals surface area (Å²) in [6, 6.07) is 0.361. The molecule has 0 aliphatic carbocycles. The lowest BCUT2D eigenvalue weighted by Crippen LogP contribution is -2.36. The van der Waals surface area contributed by atoms with E-state index in [0.29, 0.717) is 17.7 Å². The lowest BCUT2D eigenvalue weighted by atomic mass is 10.0. The van der Waals surface area contributed by atoms with Gasteiger partial charge < -0.3 is 10.2 Å². The van der Waals surface area contributed by atoms with Crippen molar-refractivity contribution in [3.63, 3.8) is 0 Å². The van der Waals surface area contributed by atoms with E-state index in [1.54, 1.807) is 0 Å². The van der Waals surface area contributed by atoms with Gasteiger partial charge in [0.05, 0.1) is 11.7 Å². The zero-order valence-electron chi connectivity index (χ0n) is 15.4. The SMILES string of the molecule is CCC(CC)CN(CC)C(=O)c1nnn(C2CCNCC2)c1C.Cl. The number of nitrogens with zero attached hydrogens (tertiary/aromatic N) is 4. The van der Waals surface area contributed by atoms with Gasteiger partial charge in [0.2, 0.25) is 0 Å². The van der Waals surface area contributed by atoms with Crippen molar-refractivity contribution in [2.24, 2.45) is 5.92 Å². The lowest BCUT2D eigenvalue weighted by Gasteiger charge is -2.25. The first-order valence-corrected chi connectivity index (χ1v) is 9.04. The van der Waals surface area contributed by atoms with Crippen LogP contribution in [0.1, 0.15) is 68.7 Å². The maximum Gasteiger partial charge on any atom is 0.276 e. The zero-order valence-corrected chi connectivity index (χ0v) is 16.2. The predicted molar refractivity (Wildman–Crippen MR) is 98.8 cm³/mol. The van der Waals surface area contributed by atoms with Gasteiger partial charge in [-0.2, -0.15) is 0 Å². The Labute approximate surface area is 151 Å². The third kappa shape index (κ3) is 4.70. The highest BCUT2D eigenvalue weighted by atomic mass is 35.5. The van der Waals surface area contributed by atoms with E-state index in [0.717, 1.165) is 57.6 Å². The van der Waals surface area contributed by atoms with Crippen LogP contribution in [0.5, 0.6) is 0 Å². The molecule has 1 aliphatic rings. The fraction of sp³-hybridized carbons (Fsp3) is 0.824. The minimum atomic E-state index is 0. The first kappa shape index (κ1) is 20.9. The van der Waals surface area contributed by atoms with Gasteiger partial charge in [0, 0.05) is 13.1 Å². The van der Waals surface area contributed by atoms with Crippen LogP contribution in [0.25, 0.3) is 0 Å². The quantitative estimate of drug-likeness (QED) is 0.815. The second-order valence-corrected chi connectivity index (χ2v) is 6.48. The Balaban J connectivity index is 0.00000288. The Hall–Kier alpha value is -1.14. The van der Waals surface area contributed by atoms with Gasteiger partial charge in [0.1, 0.15) is 0 Å². The monoisotopic (exact) mass is 357 g/mol. The molecule has 0 aromatic carbocycles. The molecular weight excluding hydrogens is 326 g/mol. The number of nitrogens with one attached hydrogen (secondary N) is 1. The summed E-state index contributed by atoms with van der Waals surface area (Å²) in [5, 5.41) is 11.9. The molecule has 24 heavy (non-hydrogen) atoms. The normalized spacial score (nSPS) is 15.4. The lowest BCUT2D eigenvalue weighted by molar-refractivity contribution is 0.0728. The van der Waals surface area contributed by atoms with E-state index in [1.807, 2.05) is 23.4 Å². The number of piperidine rings is 1. The number of hydrogen-bond donors (Lipinski definition) is 1. The van der Waals surface area contributed by atoms with Crippen molar-refractivity contribution < 1.29 is 4.79 Å². The predicted octanol–water partition coefficient (Wildman–Crippen LogP) is 2.83. The second-order valence-electron chi connectivity index (χ2n) is 6.48. The topological polar surface area (TPSA) is 63.1 Å². The molecule has 1 aromatic rings. The van der Waals surface area contributed by atoms with E-state index in [-0.39, 0.29) is 18.3 Å². The van der Waals surface area contributed by atoms with Gasteiger partial charge in [-0.3, -0.25) is 4.79 Å². The Bertz CT molecular complexity index is 509. The molecule has 1 aliphatic heterocycles. The van der Waals surface area contributed by atoms with Crippen LogP contribution in [-0.4, -0.2) is 52.0 Å². The average Bonchev–Trinajstić information content (AvgIpc) is 2.98. The number of amides is 1. The van der Waals surface area contributed by atoms with Crippen LogP contribution >= 0.6 is 12.4 Å². The van der Waals surface area contributed by atoms with E-state index in [1.165, 1.54) is 0 Å². The summed E-state index contributed by atoms with van der Waals surface area (Å²) < 4.78 is 1.96. The zero-order chi connectivity index (χ0) is 16.8. The molecule has 0 spiro atoms. The summed E-state index contributed by atoms with van der Waals surface area (Å²) in [5.41, 5.74) is 1.43. The third-order valence-electron chi connectivity index (χ3n) is 5.09. The largest absolute Gasteiger partial charge is 0.337 e. The molecule has 138 valence electrons. The molecule has 0 atom stereocenters. The molecule has 0 saturated carbocycles. The fourth-order valence-corrected chi connectivity index (χ4v) is 3.30. The smallest absolute Gasteiger partial charge is 0.276 e. The second kappa shape index (κ2) is 9.99. The van der Waals surface area contributed by atoms with Crippen LogP contribution < -0.4 is 5.32 Å². The molecule has 0 unspecified atom stereocenters. The van der Waals surface area contributed by atoms with Gasteiger partial charge in [-0.15, -0.1) is 17.5 Å². The van der Waals surface area contributed by atoms with Crippen molar-refractivity contribution in [1.82, 2.24) is 25.2 Å². The summed E-state index contributed by atoms with van der Waals surface area (Å²) >= 11 is 0. The van der Waals surface area contributed by atoms with Crippen LogP contribution in [0.2, 0.25) is 0 Å². The Morgan fingerprint density at radius 3 is 2.46 bits per heavy atom. The summed E-state index contributed by atoms with van der Waals surface area (Å²) in [4.78, 5) is 14.8. The number of carbonyl (C=O) groups is 1. The fourth-order valence-electron chi connectivity index (χ4n) is 3.30. The molecule has 2 heterocycles. The first-order valence-electron chi connectivity index (χ1n) is 9.04. The number of carbonyl (C=O) groups excluding carboxylic acids is 1. The Kier molecular flexibility index (Phi) is 8.70. The number of rotatable bonds is 7. The summed E-state index contributed by atoms with van der Waals surface area (Å²) in [7, 11) is 0. The highest BCUT2D eigenvalue weighted by molar-refractivity contribution is 5.93. The van der Waals surface area contributed by atoms with Gasteiger partial charge in [0.25, 0.3) is 5.91 Å². The van der Waals surface area contributed by atoms with E-state index in [4.69, 9.17) is 0 Å². The molecule has 1 fully saturated rings. The Morgan fingerprint density at radius 2 is 1.92 bits per heavy atom. The molecule has 1 amide bonds. The molecule has 6 nitrogen and oxygen atoms in total. The molecule has 1 saturated heterocycles. The first-order chi connectivity index (χ1) is 11.1. The maximum absolute atomic E-state index is 12.9. The minimum Gasteiger partial charge on any atom is -0.337 e. The molecule has 7 heteroatoms. The van der Waals surface area contributed by atoms with Crippen LogP contribution in [0.4, 0.5) is 0 Å². The van der Waals surface area contributed by atoms with Crippen molar-refractivity contribution in [2.45, 2.75) is 59.4 Å². The van der Waals surface area contributed by atoms with Gasteiger partial charge >= 0.3 is 0 Å². The van der Waals surface area contributed by atoms with Crippen molar-refractivity contribution in [3.05, 3.63) is 11.4 Å². The summed E-state index contributed by atoms with van der Waals surface area (Å²) in [6.45, 7) is 11.9. The highest BCUT2D eigenvalue weighted by Crippen LogP contribution is 2.21. The van der Waals surface area contributed by atoms with Gasteiger partial charge in [-0.1, -0.05) is 31.9 Å². The van der Waals surface area contributed by atoms with Crippen LogP contribution in [0.15, 0.2) is 0 Å². The van der Waals surface area contributed by atoms with Crippen molar-refractivity contribution in [2.75, 3.05) is 26.2 Å². The van der Waals surface area contributed by atoms with Gasteiger partial charge in [-0.05, 0) is 45.7 Å². The highest BCUT2D eigenvalue weighted by Gasteiger charge is 2.26. The number of aromatic nitrogens is 3. The summed E-state index contributed by atoms with van der Waals surface area (Å²) in [5.74, 6) is 0.579. The molecule has 0 radical (unpaired) electrons. The van der Waals surface area contributed by atoms with E-state index in [9.17, 15) is 4.79 Å². The minimum absolute atomic E-state index is 0. The molecule has 0 bridgehead atoms. The maximum atomic E-state index is 12.9. The van der Waals surface area contributed by atoms with Crippen molar-refractivity contribution in [1.29, 1.82) is 0 Å². The Morgan fingerprint density at radius 1 is 1.29 bits per heavy atom. The van der Waals surface area contributed by atoms with Gasteiger partial charge in [-0.25, -0.2) is 4.68 Å². The standard InChI is InChI=1S/C17H31N5O.ClH/c1-5-14(6-2)12-21(7-3)17(23)16-13(4)22(20-19-16)15-8-10-18-11-9-15;/h14-15,18H,5-12H2,1-4H3;1H. The molecule has 2 rings (SSSR count). The molecule has 1 aromatic heterocycles. The van der Waals surface area contributed by atoms with E-state index >= 15 is 0 Å². The van der Waals surface area contributed by atoms with E-state index < -0.39 is 0 Å². The van der Waals surface area contributed by atoms with Crippen LogP contribution in [0, 0.1) is 12.8 Å². The van der Waals surface area contributed by atoms with Gasteiger partial charge in [0.15, 0.2) is 5.69 Å².